The number of hydrogen-bond acceptors (Lipinski definition) is 1. The van der Waals surface area contributed by atoms with Crippen LogP contribution < -0.4 is 5.32 Å². The lowest BCUT2D eigenvalue weighted by molar-refractivity contribution is 0.0970. The molecule has 2 rings (SSSR count). The molecule has 2 aromatic carbocycles. The van der Waals surface area contributed by atoms with Crippen molar-refractivity contribution >= 4 is 23.6 Å². The number of carbonyl (C=O) groups excluding carboxylic acids is 1. The summed E-state index contributed by atoms with van der Waals surface area (Å²) < 4.78 is 0. The predicted molar refractivity (Wildman–Crippen MR) is 74.4 cm³/mol. The first kappa shape index (κ1) is 12.4. The van der Waals surface area contributed by atoms with Crippen LogP contribution in [0.4, 0.5) is 0 Å². The Balaban J connectivity index is 1.99. The van der Waals surface area contributed by atoms with Crippen molar-refractivity contribution in [3.8, 4) is 0 Å². The molecule has 0 radical (unpaired) electrons. The van der Waals surface area contributed by atoms with Crippen molar-refractivity contribution in [3.63, 3.8) is 0 Å². The van der Waals surface area contributed by atoms with E-state index in [0.717, 1.165) is 5.56 Å². The third kappa shape index (κ3) is 3.47. The molecule has 0 aromatic heterocycles. The van der Waals surface area contributed by atoms with Gasteiger partial charge in [0.25, 0.3) is 5.91 Å². The van der Waals surface area contributed by atoms with Gasteiger partial charge in [-0.2, -0.15) is 0 Å². The second kappa shape index (κ2) is 6.03. The number of halogens is 1. The van der Waals surface area contributed by atoms with E-state index in [1.165, 1.54) is 0 Å². The third-order valence-electron chi connectivity index (χ3n) is 2.38. The Hall–Kier alpha value is -2.06. The Bertz CT molecular complexity index is 564. The molecule has 0 fully saturated rings. The molecule has 3 heteroatoms. The summed E-state index contributed by atoms with van der Waals surface area (Å²) in [5.41, 5.74) is 1.57. The van der Waals surface area contributed by atoms with Crippen molar-refractivity contribution in [1.82, 2.24) is 5.32 Å². The highest BCUT2D eigenvalue weighted by atomic mass is 35.5. The SMILES string of the molecule is O=C(NC=Cc1ccccc1)c1cccc(Cl)c1. The summed E-state index contributed by atoms with van der Waals surface area (Å²) in [6, 6.07) is 16.6. The number of carbonyl (C=O) groups is 1. The second-order valence-corrected chi connectivity index (χ2v) is 4.16. The van der Waals surface area contributed by atoms with Gasteiger partial charge in [-0.15, -0.1) is 0 Å². The fourth-order valence-corrected chi connectivity index (χ4v) is 1.68. The molecule has 0 aliphatic carbocycles. The summed E-state index contributed by atoms with van der Waals surface area (Å²) in [4.78, 5) is 11.8. The van der Waals surface area contributed by atoms with Crippen molar-refractivity contribution in [2.24, 2.45) is 0 Å². The molecule has 2 nitrogen and oxygen atoms in total. The lowest BCUT2D eigenvalue weighted by Gasteiger charge is -2.00. The minimum atomic E-state index is -0.176. The fraction of sp³-hybridized carbons (Fsp3) is 0. The van der Waals surface area contributed by atoms with Crippen LogP contribution in [0, 0.1) is 0 Å². The van der Waals surface area contributed by atoms with Crippen molar-refractivity contribution < 1.29 is 4.79 Å². The van der Waals surface area contributed by atoms with Crippen molar-refractivity contribution in [3.05, 3.63) is 76.9 Å². The maximum Gasteiger partial charge on any atom is 0.255 e. The Morgan fingerprint density at radius 3 is 2.56 bits per heavy atom. The molecule has 0 atom stereocenters. The molecule has 0 saturated carbocycles. The van der Waals surface area contributed by atoms with Crippen LogP contribution in [0.15, 0.2) is 60.8 Å². The molecule has 1 N–H and O–H groups in total. The zero-order valence-corrected chi connectivity index (χ0v) is 10.4. The second-order valence-electron chi connectivity index (χ2n) is 3.73. The zero-order chi connectivity index (χ0) is 12.8. The van der Waals surface area contributed by atoms with Gasteiger partial charge in [-0.1, -0.05) is 48.0 Å². The first-order valence-electron chi connectivity index (χ1n) is 5.54. The first-order chi connectivity index (χ1) is 8.75. The van der Waals surface area contributed by atoms with E-state index in [-0.39, 0.29) is 5.91 Å². The van der Waals surface area contributed by atoms with Gasteiger partial charge in [-0.3, -0.25) is 4.79 Å². The summed E-state index contributed by atoms with van der Waals surface area (Å²) in [6.45, 7) is 0. The number of rotatable bonds is 3. The molecule has 0 unspecified atom stereocenters. The minimum absolute atomic E-state index is 0.176. The summed E-state index contributed by atoms with van der Waals surface area (Å²) in [6.07, 6.45) is 3.46. The van der Waals surface area contributed by atoms with E-state index in [1.54, 1.807) is 30.5 Å². The summed E-state index contributed by atoms with van der Waals surface area (Å²) in [7, 11) is 0. The molecule has 90 valence electrons. The molecule has 0 saturated heterocycles. The van der Waals surface area contributed by atoms with Gasteiger partial charge < -0.3 is 5.32 Å². The van der Waals surface area contributed by atoms with Crippen molar-refractivity contribution in [1.29, 1.82) is 0 Å². The Kier molecular flexibility index (Phi) is 4.15. The lowest BCUT2D eigenvalue weighted by atomic mass is 10.2. The van der Waals surface area contributed by atoms with Crippen LogP contribution in [0.3, 0.4) is 0 Å². The van der Waals surface area contributed by atoms with Gasteiger partial charge in [-0.05, 0) is 29.8 Å². The molecule has 0 bridgehead atoms. The fourth-order valence-electron chi connectivity index (χ4n) is 1.49. The molecular formula is C15H12ClNO. The Labute approximate surface area is 111 Å². The van der Waals surface area contributed by atoms with Gasteiger partial charge in [0, 0.05) is 16.8 Å². The predicted octanol–water partition coefficient (Wildman–Crippen LogP) is 3.74. The summed E-state index contributed by atoms with van der Waals surface area (Å²) in [5, 5.41) is 3.25. The highest BCUT2D eigenvalue weighted by Gasteiger charge is 2.02. The van der Waals surface area contributed by atoms with E-state index in [2.05, 4.69) is 5.32 Å². The summed E-state index contributed by atoms with van der Waals surface area (Å²) in [5.74, 6) is -0.176. The van der Waals surface area contributed by atoms with E-state index in [1.807, 2.05) is 36.4 Å². The van der Waals surface area contributed by atoms with Crippen molar-refractivity contribution in [2.45, 2.75) is 0 Å². The van der Waals surface area contributed by atoms with Crippen LogP contribution in [0.2, 0.25) is 5.02 Å². The average molecular weight is 258 g/mol. The third-order valence-corrected chi connectivity index (χ3v) is 2.61. The molecule has 0 heterocycles. The first-order valence-corrected chi connectivity index (χ1v) is 5.91. The van der Waals surface area contributed by atoms with E-state index in [4.69, 9.17) is 11.6 Å². The van der Waals surface area contributed by atoms with Crippen LogP contribution in [-0.4, -0.2) is 5.91 Å². The zero-order valence-electron chi connectivity index (χ0n) is 9.64. The smallest absolute Gasteiger partial charge is 0.255 e. The van der Waals surface area contributed by atoms with Gasteiger partial charge >= 0.3 is 0 Å². The van der Waals surface area contributed by atoms with Gasteiger partial charge in [0.1, 0.15) is 0 Å². The number of benzene rings is 2. The standard InChI is InChI=1S/C15H12ClNO/c16-14-8-4-7-13(11-14)15(18)17-10-9-12-5-2-1-3-6-12/h1-11H,(H,17,18). The molecule has 0 aliphatic rings. The molecule has 1 amide bonds. The van der Waals surface area contributed by atoms with E-state index in [0.29, 0.717) is 10.6 Å². The quantitative estimate of drug-likeness (QED) is 0.892. The van der Waals surface area contributed by atoms with Gasteiger partial charge in [0.15, 0.2) is 0 Å². The topological polar surface area (TPSA) is 29.1 Å². The average Bonchev–Trinajstić information content (AvgIpc) is 2.40. The largest absolute Gasteiger partial charge is 0.329 e. The van der Waals surface area contributed by atoms with Crippen LogP contribution in [-0.2, 0) is 0 Å². The summed E-state index contributed by atoms with van der Waals surface area (Å²) >= 11 is 5.82. The Morgan fingerprint density at radius 1 is 1.06 bits per heavy atom. The van der Waals surface area contributed by atoms with Gasteiger partial charge in [0.05, 0.1) is 0 Å². The molecule has 0 aliphatic heterocycles. The highest BCUT2D eigenvalue weighted by Crippen LogP contribution is 2.10. The molecule has 0 spiro atoms. The molecule has 18 heavy (non-hydrogen) atoms. The number of hydrogen-bond donors (Lipinski definition) is 1. The van der Waals surface area contributed by atoms with E-state index >= 15 is 0 Å². The molecule has 2 aromatic rings. The normalized spacial score (nSPS) is 10.5. The van der Waals surface area contributed by atoms with E-state index < -0.39 is 0 Å². The lowest BCUT2D eigenvalue weighted by Crippen LogP contribution is -2.16. The van der Waals surface area contributed by atoms with Crippen LogP contribution in [0.1, 0.15) is 15.9 Å². The van der Waals surface area contributed by atoms with Crippen LogP contribution in [0.5, 0.6) is 0 Å². The van der Waals surface area contributed by atoms with Crippen molar-refractivity contribution in [2.75, 3.05) is 0 Å². The van der Waals surface area contributed by atoms with Crippen LogP contribution >= 0.6 is 11.6 Å². The van der Waals surface area contributed by atoms with Gasteiger partial charge in [0.2, 0.25) is 0 Å². The highest BCUT2D eigenvalue weighted by molar-refractivity contribution is 6.30. The van der Waals surface area contributed by atoms with Crippen LogP contribution in [0.25, 0.3) is 6.08 Å². The minimum Gasteiger partial charge on any atom is -0.329 e. The number of nitrogens with one attached hydrogen (secondary N) is 1. The maximum atomic E-state index is 11.8. The molecular weight excluding hydrogens is 246 g/mol. The monoisotopic (exact) mass is 257 g/mol. The Morgan fingerprint density at radius 2 is 1.83 bits per heavy atom. The van der Waals surface area contributed by atoms with Gasteiger partial charge in [-0.25, -0.2) is 0 Å². The number of amides is 1. The van der Waals surface area contributed by atoms with E-state index in [9.17, 15) is 4.79 Å². The maximum absolute atomic E-state index is 11.8.